The van der Waals surface area contributed by atoms with Crippen LogP contribution in [0, 0.1) is 0 Å². The van der Waals surface area contributed by atoms with Crippen LogP contribution in [0.15, 0.2) is 12.2 Å². The van der Waals surface area contributed by atoms with Crippen molar-refractivity contribution in [2.75, 3.05) is 13.2 Å². The highest BCUT2D eigenvalue weighted by Crippen LogP contribution is 2.26. The third-order valence-corrected chi connectivity index (χ3v) is 14.3. The molecule has 404 valence electrons. The third-order valence-electron chi connectivity index (χ3n) is 13.8. The SMILES string of the molecule is CCCCCCCCCCC/C=C\CCCCCCCC(=O)NC(COC1OC(CO)C(O)C(OS(=O)(=O)O)C1O)C(O)CCCCCCCCCCCCCCCCCCCCCCCCC. The van der Waals surface area contributed by atoms with E-state index >= 15 is 0 Å². The second-order valence-corrected chi connectivity index (χ2v) is 21.3. The number of aliphatic hydroxyl groups excluding tert-OH is 4. The molecular weight excluding hydrogens is 883 g/mol. The summed E-state index contributed by atoms with van der Waals surface area (Å²) in [4.78, 5) is 13.1. The smallest absolute Gasteiger partial charge is 0.394 e. The lowest BCUT2D eigenvalue weighted by atomic mass is 9.99. The fraction of sp³-hybridized carbons (Fsp3) is 0.945. The van der Waals surface area contributed by atoms with Crippen LogP contribution in [-0.2, 0) is 28.9 Å². The maximum absolute atomic E-state index is 13.1. The van der Waals surface area contributed by atoms with Gasteiger partial charge in [-0.2, -0.15) is 8.42 Å². The minimum Gasteiger partial charge on any atom is -0.394 e. The van der Waals surface area contributed by atoms with E-state index in [9.17, 15) is 38.2 Å². The molecule has 68 heavy (non-hydrogen) atoms. The molecule has 6 N–H and O–H groups in total. The first-order valence-corrected chi connectivity index (χ1v) is 29.9. The lowest BCUT2D eigenvalue weighted by molar-refractivity contribution is -0.298. The van der Waals surface area contributed by atoms with Gasteiger partial charge in [-0.1, -0.05) is 244 Å². The molecule has 7 atom stereocenters. The second-order valence-electron chi connectivity index (χ2n) is 20.2. The Balaban J connectivity index is 2.36. The fourth-order valence-electron chi connectivity index (χ4n) is 9.40. The average molecular weight is 991 g/mol. The molecule has 0 aliphatic carbocycles. The molecule has 0 aromatic carbocycles. The molecule has 1 fully saturated rings. The van der Waals surface area contributed by atoms with Gasteiger partial charge in [0.05, 0.1) is 25.4 Å². The molecule has 1 aliphatic heterocycles. The molecule has 13 heteroatoms. The van der Waals surface area contributed by atoms with Crippen LogP contribution >= 0.6 is 0 Å². The van der Waals surface area contributed by atoms with Crippen molar-refractivity contribution < 1.29 is 51.8 Å². The monoisotopic (exact) mass is 990 g/mol. The predicted molar refractivity (Wildman–Crippen MR) is 278 cm³/mol. The first kappa shape index (κ1) is 64.9. The van der Waals surface area contributed by atoms with Crippen molar-refractivity contribution in [2.45, 2.75) is 320 Å². The Bertz CT molecular complexity index is 1260. The van der Waals surface area contributed by atoms with E-state index < -0.39 is 59.9 Å². The summed E-state index contributed by atoms with van der Waals surface area (Å²) in [5, 5.41) is 45.1. The number of carbonyl (C=O) groups is 1. The van der Waals surface area contributed by atoms with Crippen molar-refractivity contribution in [3.05, 3.63) is 12.2 Å². The van der Waals surface area contributed by atoms with Crippen LogP contribution in [0.2, 0.25) is 0 Å². The normalized spacial score (nSPS) is 19.8. The van der Waals surface area contributed by atoms with Gasteiger partial charge in [0, 0.05) is 6.42 Å². The molecule has 1 heterocycles. The van der Waals surface area contributed by atoms with Crippen molar-refractivity contribution >= 4 is 16.3 Å². The molecule has 0 aromatic heterocycles. The Hall–Kier alpha value is -1.16. The third kappa shape index (κ3) is 37.6. The number of ether oxygens (including phenoxy) is 2. The largest absolute Gasteiger partial charge is 0.397 e. The summed E-state index contributed by atoms with van der Waals surface area (Å²) in [6.45, 7) is 3.49. The Morgan fingerprint density at radius 1 is 0.574 bits per heavy atom. The number of aliphatic hydroxyl groups is 4. The van der Waals surface area contributed by atoms with Gasteiger partial charge in [0.1, 0.15) is 24.4 Å². The Labute approximate surface area is 417 Å². The van der Waals surface area contributed by atoms with Crippen LogP contribution in [0.5, 0.6) is 0 Å². The number of allylic oxidation sites excluding steroid dienone is 2. The number of rotatable bonds is 50. The molecule has 1 rings (SSSR count). The van der Waals surface area contributed by atoms with Crippen LogP contribution in [0.3, 0.4) is 0 Å². The maximum atomic E-state index is 13.1. The fourth-order valence-corrected chi connectivity index (χ4v) is 9.91. The summed E-state index contributed by atoms with van der Waals surface area (Å²) in [6.07, 6.45) is 45.0. The highest BCUT2D eigenvalue weighted by Gasteiger charge is 2.48. The van der Waals surface area contributed by atoms with E-state index in [1.807, 2.05) is 0 Å². The lowest BCUT2D eigenvalue weighted by Gasteiger charge is -2.41. The second kappa shape index (κ2) is 45.7. The minimum atomic E-state index is -5.08. The van der Waals surface area contributed by atoms with Gasteiger partial charge in [-0.25, -0.2) is 4.18 Å². The number of unbranched alkanes of at least 4 members (excludes halogenated alkanes) is 36. The van der Waals surface area contributed by atoms with Gasteiger partial charge in [-0.05, 0) is 38.5 Å². The Morgan fingerprint density at radius 2 is 0.941 bits per heavy atom. The van der Waals surface area contributed by atoms with E-state index in [4.69, 9.17) is 9.47 Å². The molecule has 0 radical (unpaired) electrons. The van der Waals surface area contributed by atoms with Crippen molar-refractivity contribution in [3.8, 4) is 0 Å². The molecule has 0 aromatic rings. The van der Waals surface area contributed by atoms with Crippen LogP contribution in [-0.4, -0.2) is 95.4 Å². The van der Waals surface area contributed by atoms with Crippen LogP contribution in [0.1, 0.15) is 277 Å². The molecule has 1 saturated heterocycles. The molecule has 12 nitrogen and oxygen atoms in total. The highest BCUT2D eigenvalue weighted by atomic mass is 32.3. The molecule has 1 amide bonds. The highest BCUT2D eigenvalue weighted by molar-refractivity contribution is 7.80. The first-order chi connectivity index (χ1) is 33.0. The van der Waals surface area contributed by atoms with Crippen molar-refractivity contribution in [3.63, 3.8) is 0 Å². The van der Waals surface area contributed by atoms with E-state index in [0.29, 0.717) is 12.8 Å². The topological polar surface area (TPSA) is 192 Å². The zero-order chi connectivity index (χ0) is 49.8. The number of amides is 1. The predicted octanol–water partition coefficient (Wildman–Crippen LogP) is 13.1. The van der Waals surface area contributed by atoms with Gasteiger partial charge in [-0.15, -0.1) is 0 Å². The minimum absolute atomic E-state index is 0.234. The number of nitrogens with one attached hydrogen (secondary N) is 1. The van der Waals surface area contributed by atoms with Gasteiger partial charge in [-0.3, -0.25) is 9.35 Å². The molecule has 1 aliphatic rings. The molecule has 0 bridgehead atoms. The summed E-state index contributed by atoms with van der Waals surface area (Å²) in [7, 11) is -5.08. The molecule has 0 saturated carbocycles. The lowest BCUT2D eigenvalue weighted by Crippen LogP contribution is -2.61. The van der Waals surface area contributed by atoms with Gasteiger partial charge < -0.3 is 35.2 Å². The van der Waals surface area contributed by atoms with E-state index in [2.05, 4.69) is 35.5 Å². The summed E-state index contributed by atoms with van der Waals surface area (Å²) in [5.41, 5.74) is 0. The van der Waals surface area contributed by atoms with Gasteiger partial charge in [0.15, 0.2) is 6.29 Å². The van der Waals surface area contributed by atoms with Crippen molar-refractivity contribution in [2.24, 2.45) is 0 Å². The summed E-state index contributed by atoms with van der Waals surface area (Å²) >= 11 is 0. The zero-order valence-electron chi connectivity index (χ0n) is 43.7. The van der Waals surface area contributed by atoms with Gasteiger partial charge >= 0.3 is 10.4 Å². The van der Waals surface area contributed by atoms with E-state index in [-0.39, 0.29) is 18.9 Å². The summed E-state index contributed by atoms with van der Waals surface area (Å²) in [5.74, 6) is -0.234. The quantitative estimate of drug-likeness (QED) is 0.0193. The number of carbonyl (C=O) groups excluding carboxylic acids is 1. The van der Waals surface area contributed by atoms with Crippen molar-refractivity contribution in [1.29, 1.82) is 0 Å². The van der Waals surface area contributed by atoms with Crippen LogP contribution in [0.25, 0.3) is 0 Å². The molecular formula is C55H107NO11S. The Kier molecular flexibility index (Phi) is 43.6. The number of hydrogen-bond donors (Lipinski definition) is 6. The van der Waals surface area contributed by atoms with Crippen LogP contribution in [0.4, 0.5) is 0 Å². The van der Waals surface area contributed by atoms with Crippen LogP contribution < -0.4 is 5.32 Å². The maximum Gasteiger partial charge on any atom is 0.397 e. The van der Waals surface area contributed by atoms with Gasteiger partial charge in [0.25, 0.3) is 0 Å². The molecule has 7 unspecified atom stereocenters. The standard InChI is InChI=1S/C55H107NO11S/c1-3-5-7-9-11-13-15-17-19-21-23-24-25-26-27-28-30-32-34-36-38-40-42-44-49(58)48(47-65-55-53(61)54(67-68(62,63)64)52(60)50(46-57)66-55)56-51(59)45-43-41-39-37-35-33-31-29-22-20-18-16-14-12-10-8-6-4-2/h29,31,48-50,52-55,57-58,60-61H,3-28,30,32-47H2,1-2H3,(H,56,59)(H,62,63,64)/b31-29-. The average Bonchev–Trinajstić information content (AvgIpc) is 3.31. The van der Waals surface area contributed by atoms with E-state index in [1.165, 1.54) is 180 Å². The van der Waals surface area contributed by atoms with E-state index in [1.54, 1.807) is 0 Å². The van der Waals surface area contributed by atoms with E-state index in [0.717, 1.165) is 64.2 Å². The van der Waals surface area contributed by atoms with Gasteiger partial charge in [0.2, 0.25) is 5.91 Å². The summed E-state index contributed by atoms with van der Waals surface area (Å²) < 4.78 is 47.9. The number of hydrogen-bond acceptors (Lipinski definition) is 10. The summed E-state index contributed by atoms with van der Waals surface area (Å²) in [6, 6.07) is -0.860. The molecule has 0 spiro atoms. The van der Waals surface area contributed by atoms with Crippen molar-refractivity contribution in [1.82, 2.24) is 5.32 Å². The first-order valence-electron chi connectivity index (χ1n) is 28.6. The zero-order valence-corrected chi connectivity index (χ0v) is 44.5. The Morgan fingerprint density at radius 3 is 1.32 bits per heavy atom.